The maximum Gasteiger partial charge on any atom is 0.271 e. The highest BCUT2D eigenvalue weighted by atomic mass is 16.6. The van der Waals surface area contributed by atoms with Gasteiger partial charge in [0.2, 0.25) is 0 Å². The van der Waals surface area contributed by atoms with Crippen LogP contribution in [0.3, 0.4) is 0 Å². The molecule has 2 rings (SSSR count). The second-order valence-electron chi connectivity index (χ2n) is 3.74. The molecule has 94 valence electrons. The molecular weight excluding hydrogens is 234 g/mol. The Bertz CT molecular complexity index is 538. The number of nitrogens with two attached hydrogens (primary N) is 1. The smallest absolute Gasteiger partial charge is 0.271 e. The summed E-state index contributed by atoms with van der Waals surface area (Å²) in [6.07, 6.45) is 4.18. The summed E-state index contributed by atoms with van der Waals surface area (Å²) < 4.78 is 0. The number of non-ortho nitro benzene ring substituents is 1. The lowest BCUT2D eigenvalue weighted by molar-refractivity contribution is -0.384. The first-order chi connectivity index (χ1) is 8.66. The molecule has 1 aromatic carbocycles. The monoisotopic (exact) mass is 247 g/mol. The predicted octanol–water partition coefficient (Wildman–Crippen LogP) is 1.55. The van der Waals surface area contributed by atoms with Crippen LogP contribution < -0.4 is 11.1 Å². The van der Waals surface area contributed by atoms with Gasteiger partial charge in [-0.05, 0) is 6.07 Å². The van der Waals surface area contributed by atoms with Crippen molar-refractivity contribution in [2.45, 2.75) is 6.42 Å². The quantitative estimate of drug-likeness (QED) is 0.422. The summed E-state index contributed by atoms with van der Waals surface area (Å²) in [5.74, 6) is 0.878. The molecule has 1 aromatic heterocycles. The molecule has 0 amide bonds. The number of anilines is 2. The van der Waals surface area contributed by atoms with Crippen molar-refractivity contribution in [2.75, 3.05) is 17.6 Å². The highest BCUT2D eigenvalue weighted by molar-refractivity contribution is 5.69. The van der Waals surface area contributed by atoms with Gasteiger partial charge in [-0.25, -0.2) is 4.98 Å². The summed E-state index contributed by atoms with van der Waals surface area (Å²) in [5.41, 5.74) is 6.77. The van der Waals surface area contributed by atoms with Crippen molar-refractivity contribution in [3.63, 3.8) is 0 Å². The van der Waals surface area contributed by atoms with Crippen molar-refractivity contribution in [1.29, 1.82) is 0 Å². The molecule has 0 atom stereocenters. The summed E-state index contributed by atoms with van der Waals surface area (Å²) in [4.78, 5) is 17.2. The van der Waals surface area contributed by atoms with Gasteiger partial charge in [0, 0.05) is 37.5 Å². The maximum absolute atomic E-state index is 10.6. The molecular formula is C11H13N5O2. The lowest BCUT2D eigenvalue weighted by Crippen LogP contribution is -2.08. The predicted molar refractivity (Wildman–Crippen MR) is 68.3 cm³/mol. The van der Waals surface area contributed by atoms with Crippen LogP contribution in [0.1, 0.15) is 5.82 Å². The summed E-state index contributed by atoms with van der Waals surface area (Å²) in [7, 11) is 0. The third-order valence-electron chi connectivity index (χ3n) is 2.48. The fraction of sp³-hybridized carbons (Fsp3) is 0.182. The van der Waals surface area contributed by atoms with E-state index in [9.17, 15) is 10.1 Å². The van der Waals surface area contributed by atoms with E-state index in [4.69, 9.17) is 5.73 Å². The van der Waals surface area contributed by atoms with Gasteiger partial charge in [-0.15, -0.1) is 0 Å². The van der Waals surface area contributed by atoms with E-state index in [-0.39, 0.29) is 5.69 Å². The first kappa shape index (κ1) is 11.9. The van der Waals surface area contributed by atoms with E-state index in [1.54, 1.807) is 18.5 Å². The Kier molecular flexibility index (Phi) is 3.42. The van der Waals surface area contributed by atoms with Crippen molar-refractivity contribution < 1.29 is 4.92 Å². The fourth-order valence-electron chi connectivity index (χ4n) is 1.57. The molecule has 4 N–H and O–H groups in total. The van der Waals surface area contributed by atoms with Crippen LogP contribution in [0.25, 0.3) is 0 Å². The average Bonchev–Trinajstić information content (AvgIpc) is 2.84. The minimum Gasteiger partial charge on any atom is -0.397 e. The lowest BCUT2D eigenvalue weighted by Gasteiger charge is -2.08. The van der Waals surface area contributed by atoms with E-state index in [0.29, 0.717) is 17.9 Å². The molecule has 2 aromatic rings. The number of nitrogens with zero attached hydrogens (tertiary/aromatic N) is 2. The maximum atomic E-state index is 10.6. The van der Waals surface area contributed by atoms with E-state index in [2.05, 4.69) is 15.3 Å². The molecule has 1 heterocycles. The lowest BCUT2D eigenvalue weighted by atomic mass is 10.2. The van der Waals surface area contributed by atoms with Gasteiger partial charge in [0.05, 0.1) is 16.3 Å². The van der Waals surface area contributed by atoms with Gasteiger partial charge >= 0.3 is 0 Å². The summed E-state index contributed by atoms with van der Waals surface area (Å²) in [6.45, 7) is 0.648. The number of rotatable bonds is 5. The zero-order valence-electron chi connectivity index (χ0n) is 9.59. The van der Waals surface area contributed by atoms with Crippen LogP contribution in [0.2, 0.25) is 0 Å². The number of nitro benzene ring substituents is 1. The zero-order valence-corrected chi connectivity index (χ0v) is 9.59. The molecule has 0 spiro atoms. The molecule has 0 fully saturated rings. The van der Waals surface area contributed by atoms with Crippen molar-refractivity contribution in [1.82, 2.24) is 9.97 Å². The van der Waals surface area contributed by atoms with Gasteiger partial charge in [0.1, 0.15) is 5.82 Å². The number of nitrogens with one attached hydrogen (secondary N) is 2. The minimum atomic E-state index is -0.469. The van der Waals surface area contributed by atoms with Gasteiger partial charge in [-0.2, -0.15) is 0 Å². The number of benzene rings is 1. The number of imidazole rings is 1. The van der Waals surface area contributed by atoms with Crippen LogP contribution in [0.4, 0.5) is 17.1 Å². The largest absolute Gasteiger partial charge is 0.397 e. The van der Waals surface area contributed by atoms with E-state index in [1.165, 1.54) is 12.1 Å². The summed E-state index contributed by atoms with van der Waals surface area (Å²) in [5, 5.41) is 13.7. The Labute approximate surface area is 103 Å². The van der Waals surface area contributed by atoms with Gasteiger partial charge in [-0.3, -0.25) is 10.1 Å². The summed E-state index contributed by atoms with van der Waals surface area (Å²) >= 11 is 0. The molecule has 0 aliphatic heterocycles. The SMILES string of the molecule is Nc1cc([N+](=O)[O-])ccc1NCCc1ncc[nH]1. The Balaban J connectivity index is 1.95. The third kappa shape index (κ3) is 2.76. The molecule has 7 nitrogen and oxygen atoms in total. The number of aromatic amines is 1. The molecule has 0 aliphatic carbocycles. The van der Waals surface area contributed by atoms with Crippen molar-refractivity contribution in [2.24, 2.45) is 0 Å². The molecule has 0 aliphatic rings. The molecule has 0 unspecified atom stereocenters. The number of hydrogen-bond acceptors (Lipinski definition) is 5. The molecule has 0 saturated heterocycles. The van der Waals surface area contributed by atoms with E-state index < -0.39 is 4.92 Å². The molecule has 7 heteroatoms. The van der Waals surface area contributed by atoms with Crippen LogP contribution in [0.5, 0.6) is 0 Å². The van der Waals surface area contributed by atoms with E-state index in [1.807, 2.05) is 0 Å². The first-order valence-electron chi connectivity index (χ1n) is 5.43. The van der Waals surface area contributed by atoms with Gasteiger partial charge in [0.15, 0.2) is 0 Å². The Hall–Kier alpha value is -2.57. The van der Waals surface area contributed by atoms with Crippen LogP contribution in [-0.4, -0.2) is 21.4 Å². The Morgan fingerprint density at radius 2 is 2.33 bits per heavy atom. The number of nitrogen functional groups attached to an aromatic ring is 1. The van der Waals surface area contributed by atoms with Crippen molar-refractivity contribution >= 4 is 17.1 Å². The molecule has 18 heavy (non-hydrogen) atoms. The van der Waals surface area contributed by atoms with Crippen molar-refractivity contribution in [3.8, 4) is 0 Å². The molecule has 0 radical (unpaired) electrons. The van der Waals surface area contributed by atoms with Crippen LogP contribution in [-0.2, 0) is 6.42 Å². The second kappa shape index (κ2) is 5.17. The second-order valence-corrected chi connectivity index (χ2v) is 3.74. The highest BCUT2D eigenvalue weighted by Crippen LogP contribution is 2.23. The third-order valence-corrected chi connectivity index (χ3v) is 2.48. The van der Waals surface area contributed by atoms with Crippen LogP contribution in [0, 0.1) is 10.1 Å². The van der Waals surface area contributed by atoms with Gasteiger partial charge in [0.25, 0.3) is 5.69 Å². The van der Waals surface area contributed by atoms with E-state index in [0.717, 1.165) is 12.2 Å². The molecule has 0 saturated carbocycles. The number of aromatic nitrogens is 2. The Morgan fingerprint density at radius 1 is 1.50 bits per heavy atom. The number of hydrogen-bond donors (Lipinski definition) is 3. The minimum absolute atomic E-state index is 0.0101. The van der Waals surface area contributed by atoms with Crippen molar-refractivity contribution in [3.05, 3.63) is 46.5 Å². The average molecular weight is 247 g/mol. The fourth-order valence-corrected chi connectivity index (χ4v) is 1.57. The normalized spacial score (nSPS) is 10.2. The van der Waals surface area contributed by atoms with Gasteiger partial charge < -0.3 is 16.0 Å². The van der Waals surface area contributed by atoms with Gasteiger partial charge in [-0.1, -0.05) is 0 Å². The molecule has 0 bridgehead atoms. The van der Waals surface area contributed by atoms with E-state index >= 15 is 0 Å². The standard InChI is InChI=1S/C11H13N5O2/c12-9-7-8(16(17)18)1-2-10(9)13-4-3-11-14-5-6-15-11/h1-2,5-7,13H,3-4,12H2,(H,14,15). The zero-order chi connectivity index (χ0) is 13.0. The topological polar surface area (TPSA) is 110 Å². The first-order valence-corrected chi connectivity index (χ1v) is 5.43. The van der Waals surface area contributed by atoms with Crippen LogP contribution >= 0.6 is 0 Å². The Morgan fingerprint density at radius 3 is 2.94 bits per heavy atom. The highest BCUT2D eigenvalue weighted by Gasteiger charge is 2.08. The number of nitro groups is 1. The summed E-state index contributed by atoms with van der Waals surface area (Å²) in [6, 6.07) is 4.37. The number of H-pyrrole nitrogens is 1. The van der Waals surface area contributed by atoms with Crippen LogP contribution in [0.15, 0.2) is 30.6 Å².